The molecule has 230 valence electrons. The van der Waals surface area contributed by atoms with Gasteiger partial charge >= 0.3 is 0 Å². The van der Waals surface area contributed by atoms with Crippen molar-refractivity contribution < 1.29 is 22.4 Å². The van der Waals surface area contributed by atoms with Gasteiger partial charge in [0.2, 0.25) is 11.8 Å². The van der Waals surface area contributed by atoms with Crippen LogP contribution < -0.4 is 9.62 Å². The van der Waals surface area contributed by atoms with E-state index in [9.17, 15) is 22.4 Å². The topological polar surface area (TPSA) is 86.8 Å². The van der Waals surface area contributed by atoms with Gasteiger partial charge in [0.15, 0.2) is 0 Å². The average Bonchev–Trinajstić information content (AvgIpc) is 3.03. The van der Waals surface area contributed by atoms with Gasteiger partial charge in [0, 0.05) is 29.5 Å². The average molecular weight is 681 g/mol. The van der Waals surface area contributed by atoms with Gasteiger partial charge in [-0.1, -0.05) is 102 Å². The summed E-state index contributed by atoms with van der Waals surface area (Å²) in [6, 6.07) is 28.7. The summed E-state index contributed by atoms with van der Waals surface area (Å²) in [5.74, 6) is -1.58. The van der Waals surface area contributed by atoms with E-state index in [1.54, 1.807) is 60.7 Å². The Morgan fingerprint density at radius 3 is 2.20 bits per heavy atom. The third-order valence-corrected chi connectivity index (χ3v) is 9.39. The fraction of sp³-hybridized carbons (Fsp3) is 0.235. The highest BCUT2D eigenvalue weighted by atomic mass is 79.9. The molecular formula is C34H35BrFN3O4S. The fourth-order valence-corrected chi connectivity index (χ4v) is 6.56. The molecule has 0 aromatic heterocycles. The lowest BCUT2D eigenvalue weighted by atomic mass is 10.0. The number of amides is 2. The number of sulfonamides is 1. The number of nitrogens with one attached hydrogen (secondary N) is 1. The van der Waals surface area contributed by atoms with Crippen LogP contribution in [-0.4, -0.2) is 44.3 Å². The number of hydrogen-bond acceptors (Lipinski definition) is 4. The number of carbonyl (C=O) groups excluding carboxylic acids is 2. The second-order valence-electron chi connectivity index (χ2n) is 10.3. The van der Waals surface area contributed by atoms with Crippen molar-refractivity contribution in [2.45, 2.75) is 43.7 Å². The van der Waals surface area contributed by atoms with Gasteiger partial charge in [0.25, 0.3) is 10.0 Å². The van der Waals surface area contributed by atoms with Gasteiger partial charge in [0.1, 0.15) is 18.4 Å². The second kappa shape index (κ2) is 15.6. The largest absolute Gasteiger partial charge is 0.354 e. The quantitative estimate of drug-likeness (QED) is 0.158. The smallest absolute Gasteiger partial charge is 0.264 e. The van der Waals surface area contributed by atoms with Gasteiger partial charge < -0.3 is 10.2 Å². The molecule has 0 saturated heterocycles. The minimum absolute atomic E-state index is 0.00609. The molecule has 0 heterocycles. The van der Waals surface area contributed by atoms with E-state index in [1.807, 2.05) is 37.3 Å². The molecule has 4 aromatic carbocycles. The zero-order chi connectivity index (χ0) is 31.5. The highest BCUT2D eigenvalue weighted by Gasteiger charge is 2.35. The van der Waals surface area contributed by atoms with E-state index in [2.05, 4.69) is 21.2 Å². The van der Waals surface area contributed by atoms with Gasteiger partial charge in [-0.15, -0.1) is 0 Å². The summed E-state index contributed by atoms with van der Waals surface area (Å²) in [5.41, 5.74) is 1.27. The van der Waals surface area contributed by atoms with E-state index < -0.39 is 40.2 Å². The summed E-state index contributed by atoms with van der Waals surface area (Å²) in [4.78, 5) is 29.4. The Morgan fingerprint density at radius 2 is 1.55 bits per heavy atom. The molecule has 1 atom stereocenters. The summed E-state index contributed by atoms with van der Waals surface area (Å²) < 4.78 is 44.6. The van der Waals surface area contributed by atoms with Gasteiger partial charge in [-0.3, -0.25) is 13.9 Å². The maximum absolute atomic E-state index is 15.0. The van der Waals surface area contributed by atoms with Gasteiger partial charge in [0.05, 0.1) is 10.6 Å². The number of nitrogens with zero attached hydrogens (tertiary/aromatic N) is 2. The lowest BCUT2D eigenvalue weighted by Crippen LogP contribution is -2.53. The number of anilines is 1. The molecule has 0 unspecified atom stereocenters. The Hall–Kier alpha value is -4.02. The first-order valence-electron chi connectivity index (χ1n) is 14.4. The number of halogens is 2. The van der Waals surface area contributed by atoms with Crippen molar-refractivity contribution >= 4 is 43.5 Å². The molecule has 0 bridgehead atoms. The Kier molecular flexibility index (Phi) is 11.7. The predicted molar refractivity (Wildman–Crippen MR) is 174 cm³/mol. The van der Waals surface area contributed by atoms with Crippen LogP contribution >= 0.6 is 15.9 Å². The van der Waals surface area contributed by atoms with Crippen molar-refractivity contribution in [1.29, 1.82) is 0 Å². The van der Waals surface area contributed by atoms with Crippen LogP contribution in [0.4, 0.5) is 10.1 Å². The van der Waals surface area contributed by atoms with E-state index in [-0.39, 0.29) is 29.1 Å². The first-order valence-corrected chi connectivity index (χ1v) is 16.6. The van der Waals surface area contributed by atoms with Gasteiger partial charge in [-0.25, -0.2) is 12.8 Å². The monoisotopic (exact) mass is 679 g/mol. The van der Waals surface area contributed by atoms with Crippen molar-refractivity contribution in [1.82, 2.24) is 10.2 Å². The van der Waals surface area contributed by atoms with Crippen molar-refractivity contribution in [3.8, 4) is 0 Å². The summed E-state index contributed by atoms with van der Waals surface area (Å²) in [7, 11) is -4.21. The van der Waals surface area contributed by atoms with Crippen LogP contribution in [-0.2, 0) is 32.6 Å². The molecular weight excluding hydrogens is 645 g/mol. The van der Waals surface area contributed by atoms with E-state index >= 15 is 0 Å². The molecule has 0 aliphatic heterocycles. The third kappa shape index (κ3) is 8.54. The van der Waals surface area contributed by atoms with Crippen LogP contribution in [0, 0.1) is 5.82 Å². The zero-order valence-electron chi connectivity index (χ0n) is 24.4. The predicted octanol–water partition coefficient (Wildman–Crippen LogP) is 6.34. The molecule has 1 N–H and O–H groups in total. The molecule has 0 fully saturated rings. The highest BCUT2D eigenvalue weighted by molar-refractivity contribution is 9.10. The molecule has 0 aliphatic carbocycles. The van der Waals surface area contributed by atoms with Crippen LogP contribution in [0.2, 0.25) is 0 Å². The molecule has 0 saturated carbocycles. The molecule has 10 heteroatoms. The van der Waals surface area contributed by atoms with Crippen molar-refractivity contribution in [3.63, 3.8) is 0 Å². The molecule has 7 nitrogen and oxygen atoms in total. The lowest BCUT2D eigenvalue weighted by Gasteiger charge is -2.34. The molecule has 0 spiro atoms. The van der Waals surface area contributed by atoms with Crippen LogP contribution in [0.25, 0.3) is 0 Å². The summed E-state index contributed by atoms with van der Waals surface area (Å²) >= 11 is 3.40. The summed E-state index contributed by atoms with van der Waals surface area (Å²) in [6.45, 7) is 1.57. The molecule has 4 rings (SSSR count). The molecule has 4 aromatic rings. The maximum atomic E-state index is 15.0. The molecule has 44 heavy (non-hydrogen) atoms. The third-order valence-electron chi connectivity index (χ3n) is 7.11. The fourth-order valence-electron chi connectivity index (χ4n) is 4.75. The van der Waals surface area contributed by atoms with Crippen molar-refractivity contribution in [3.05, 3.63) is 131 Å². The zero-order valence-corrected chi connectivity index (χ0v) is 26.8. The first kappa shape index (κ1) is 32.9. The van der Waals surface area contributed by atoms with E-state index in [1.165, 1.54) is 23.1 Å². The summed E-state index contributed by atoms with van der Waals surface area (Å²) in [6.07, 6.45) is 1.76. The van der Waals surface area contributed by atoms with Crippen molar-refractivity contribution in [2.24, 2.45) is 0 Å². The van der Waals surface area contributed by atoms with Crippen LogP contribution in [0.5, 0.6) is 0 Å². The Bertz CT molecular complexity index is 1660. The Morgan fingerprint density at radius 1 is 0.886 bits per heavy atom. The maximum Gasteiger partial charge on any atom is 0.264 e. The summed E-state index contributed by atoms with van der Waals surface area (Å²) in [5, 5.41) is 2.92. The number of carbonyl (C=O) groups is 2. The van der Waals surface area contributed by atoms with Crippen LogP contribution in [0.1, 0.15) is 30.9 Å². The standard InChI is InChI=1S/C34H35BrFN3O4S/c1-2-3-21-37-34(41)32(22-26-13-6-4-7-14-26)38(24-27-15-10-11-20-31(27)36)33(40)25-39(29-17-12-16-28(35)23-29)44(42,43)30-18-8-5-9-19-30/h4-20,23,32H,2-3,21-22,24-25H2,1H3,(H,37,41)/t32-/m1/s1. The number of rotatable bonds is 14. The number of hydrogen-bond donors (Lipinski definition) is 1. The highest BCUT2D eigenvalue weighted by Crippen LogP contribution is 2.27. The van der Waals surface area contributed by atoms with E-state index in [0.29, 0.717) is 11.0 Å². The minimum atomic E-state index is -4.21. The van der Waals surface area contributed by atoms with Gasteiger partial charge in [-0.2, -0.15) is 0 Å². The first-order chi connectivity index (χ1) is 21.2. The van der Waals surface area contributed by atoms with E-state index in [0.717, 1.165) is 22.7 Å². The SMILES string of the molecule is CCCCNC(=O)[C@@H](Cc1ccccc1)N(Cc1ccccc1F)C(=O)CN(c1cccc(Br)c1)S(=O)(=O)c1ccccc1. The second-order valence-corrected chi connectivity index (χ2v) is 13.0. The number of benzene rings is 4. The van der Waals surface area contributed by atoms with Crippen molar-refractivity contribution in [2.75, 3.05) is 17.4 Å². The molecule has 0 radical (unpaired) electrons. The van der Waals surface area contributed by atoms with Crippen LogP contribution in [0.3, 0.4) is 0 Å². The Balaban J connectivity index is 1.79. The van der Waals surface area contributed by atoms with E-state index in [4.69, 9.17) is 0 Å². The van der Waals surface area contributed by atoms with Crippen LogP contribution in [0.15, 0.2) is 119 Å². The lowest BCUT2D eigenvalue weighted by molar-refractivity contribution is -0.140. The normalized spacial score (nSPS) is 11.9. The molecule has 0 aliphatic rings. The Labute approximate surface area is 266 Å². The minimum Gasteiger partial charge on any atom is -0.354 e. The van der Waals surface area contributed by atoms with Gasteiger partial charge in [-0.05, 0) is 48.4 Å². The number of unbranched alkanes of at least 4 members (excludes halogenated alkanes) is 1. The molecule has 2 amide bonds.